The molecule has 0 fully saturated rings. The highest BCUT2D eigenvalue weighted by Crippen LogP contribution is 2.13. The predicted molar refractivity (Wildman–Crippen MR) is 66.5 cm³/mol. The van der Waals surface area contributed by atoms with Gasteiger partial charge < -0.3 is 16.2 Å². The number of carboxylic acid groups (broad SMARTS) is 1. The molecule has 0 radical (unpaired) electrons. The number of hydrogen-bond donors (Lipinski definition) is 3. The standard InChI is InChI=1S/C12H24N2O3/c1-9(2)6-10(8-13)7-11(15)14-5-3-4-12(16)17/h9-10H,3-8,13H2,1-2H3,(H,14,15)(H,16,17). The minimum Gasteiger partial charge on any atom is -0.481 e. The number of rotatable bonds is 9. The third-order valence-electron chi connectivity index (χ3n) is 2.50. The molecular formula is C12H24N2O3. The van der Waals surface area contributed by atoms with E-state index in [1.54, 1.807) is 0 Å². The first-order valence-electron chi connectivity index (χ1n) is 6.14. The van der Waals surface area contributed by atoms with Crippen molar-refractivity contribution in [3.8, 4) is 0 Å². The molecular weight excluding hydrogens is 220 g/mol. The normalized spacial score (nSPS) is 12.5. The largest absolute Gasteiger partial charge is 0.481 e. The second-order valence-electron chi connectivity index (χ2n) is 4.78. The summed E-state index contributed by atoms with van der Waals surface area (Å²) in [5.74, 6) is -0.122. The highest BCUT2D eigenvalue weighted by Gasteiger charge is 2.13. The fraction of sp³-hybridized carbons (Fsp3) is 0.833. The van der Waals surface area contributed by atoms with E-state index in [0.717, 1.165) is 6.42 Å². The summed E-state index contributed by atoms with van der Waals surface area (Å²) in [5.41, 5.74) is 5.61. The molecule has 0 saturated heterocycles. The van der Waals surface area contributed by atoms with Gasteiger partial charge in [-0.2, -0.15) is 0 Å². The Labute approximate surface area is 103 Å². The van der Waals surface area contributed by atoms with E-state index in [4.69, 9.17) is 10.8 Å². The first kappa shape index (κ1) is 15.9. The number of hydrogen-bond acceptors (Lipinski definition) is 3. The molecule has 0 aromatic carbocycles. The Morgan fingerprint density at radius 2 is 2.00 bits per heavy atom. The number of carbonyl (C=O) groups excluding carboxylic acids is 1. The van der Waals surface area contributed by atoms with Gasteiger partial charge in [0, 0.05) is 19.4 Å². The topological polar surface area (TPSA) is 92.4 Å². The number of carbonyl (C=O) groups is 2. The summed E-state index contributed by atoms with van der Waals surface area (Å²) in [4.78, 5) is 21.8. The molecule has 0 aromatic rings. The summed E-state index contributed by atoms with van der Waals surface area (Å²) in [6, 6.07) is 0. The van der Waals surface area contributed by atoms with E-state index in [0.29, 0.717) is 31.8 Å². The second kappa shape index (κ2) is 8.98. The summed E-state index contributed by atoms with van der Waals surface area (Å²) >= 11 is 0. The summed E-state index contributed by atoms with van der Waals surface area (Å²) in [7, 11) is 0. The van der Waals surface area contributed by atoms with Crippen molar-refractivity contribution in [3.05, 3.63) is 0 Å². The Morgan fingerprint density at radius 3 is 2.47 bits per heavy atom. The smallest absolute Gasteiger partial charge is 0.303 e. The molecule has 0 aliphatic rings. The minimum absolute atomic E-state index is 0.0357. The fourth-order valence-corrected chi connectivity index (χ4v) is 1.73. The molecule has 0 rings (SSSR count). The van der Waals surface area contributed by atoms with E-state index in [9.17, 15) is 9.59 Å². The van der Waals surface area contributed by atoms with Crippen molar-refractivity contribution >= 4 is 11.9 Å². The molecule has 17 heavy (non-hydrogen) atoms. The molecule has 5 heteroatoms. The third-order valence-corrected chi connectivity index (χ3v) is 2.50. The average Bonchev–Trinajstić information content (AvgIpc) is 2.22. The number of aliphatic carboxylic acids is 1. The van der Waals surface area contributed by atoms with E-state index >= 15 is 0 Å². The van der Waals surface area contributed by atoms with E-state index in [1.165, 1.54) is 0 Å². The van der Waals surface area contributed by atoms with E-state index < -0.39 is 5.97 Å². The maximum atomic E-state index is 11.5. The van der Waals surface area contributed by atoms with E-state index in [2.05, 4.69) is 19.2 Å². The summed E-state index contributed by atoms with van der Waals surface area (Å²) < 4.78 is 0. The molecule has 4 N–H and O–H groups in total. The van der Waals surface area contributed by atoms with Crippen LogP contribution < -0.4 is 11.1 Å². The van der Waals surface area contributed by atoms with Crippen LogP contribution in [-0.4, -0.2) is 30.1 Å². The van der Waals surface area contributed by atoms with E-state index in [-0.39, 0.29) is 18.2 Å². The number of nitrogens with one attached hydrogen (secondary N) is 1. The van der Waals surface area contributed by atoms with Crippen molar-refractivity contribution in [2.45, 2.75) is 39.5 Å². The van der Waals surface area contributed by atoms with Gasteiger partial charge in [-0.05, 0) is 31.2 Å². The van der Waals surface area contributed by atoms with Gasteiger partial charge in [0.05, 0.1) is 0 Å². The molecule has 0 bridgehead atoms. The van der Waals surface area contributed by atoms with Crippen molar-refractivity contribution in [1.29, 1.82) is 0 Å². The maximum absolute atomic E-state index is 11.5. The molecule has 0 spiro atoms. The van der Waals surface area contributed by atoms with Crippen LogP contribution in [-0.2, 0) is 9.59 Å². The van der Waals surface area contributed by atoms with Crippen LogP contribution in [0.15, 0.2) is 0 Å². The van der Waals surface area contributed by atoms with Crippen molar-refractivity contribution in [2.24, 2.45) is 17.6 Å². The average molecular weight is 244 g/mol. The first-order valence-corrected chi connectivity index (χ1v) is 6.14. The Bertz CT molecular complexity index is 242. The van der Waals surface area contributed by atoms with Gasteiger partial charge in [0.25, 0.3) is 0 Å². The Balaban J connectivity index is 3.71. The highest BCUT2D eigenvalue weighted by molar-refractivity contribution is 5.76. The molecule has 5 nitrogen and oxygen atoms in total. The first-order chi connectivity index (χ1) is 7.95. The number of carboxylic acids is 1. The van der Waals surface area contributed by atoms with Gasteiger partial charge in [0.1, 0.15) is 0 Å². The molecule has 0 aliphatic heterocycles. The van der Waals surface area contributed by atoms with Crippen LogP contribution in [0.1, 0.15) is 39.5 Å². The van der Waals surface area contributed by atoms with Gasteiger partial charge in [0.2, 0.25) is 5.91 Å². The zero-order valence-corrected chi connectivity index (χ0v) is 10.7. The highest BCUT2D eigenvalue weighted by atomic mass is 16.4. The monoisotopic (exact) mass is 244 g/mol. The van der Waals surface area contributed by atoms with Crippen LogP contribution in [0, 0.1) is 11.8 Å². The molecule has 1 amide bonds. The minimum atomic E-state index is -0.834. The van der Waals surface area contributed by atoms with Gasteiger partial charge in [-0.25, -0.2) is 0 Å². The quantitative estimate of drug-likeness (QED) is 0.527. The van der Waals surface area contributed by atoms with Gasteiger partial charge in [-0.3, -0.25) is 9.59 Å². The van der Waals surface area contributed by atoms with Crippen LogP contribution in [0.2, 0.25) is 0 Å². The zero-order chi connectivity index (χ0) is 13.3. The lowest BCUT2D eigenvalue weighted by atomic mass is 9.94. The van der Waals surface area contributed by atoms with Crippen molar-refractivity contribution in [2.75, 3.05) is 13.1 Å². The molecule has 1 atom stereocenters. The predicted octanol–water partition coefficient (Wildman–Crippen LogP) is 0.979. The van der Waals surface area contributed by atoms with Crippen molar-refractivity contribution in [1.82, 2.24) is 5.32 Å². The fourth-order valence-electron chi connectivity index (χ4n) is 1.73. The Morgan fingerprint density at radius 1 is 1.35 bits per heavy atom. The Kier molecular flexibility index (Phi) is 8.40. The van der Waals surface area contributed by atoms with Gasteiger partial charge >= 0.3 is 5.97 Å². The lowest BCUT2D eigenvalue weighted by molar-refractivity contribution is -0.137. The van der Waals surface area contributed by atoms with Crippen LogP contribution in [0.4, 0.5) is 0 Å². The molecule has 0 aromatic heterocycles. The molecule has 1 unspecified atom stereocenters. The summed E-state index contributed by atoms with van der Waals surface area (Å²) in [5, 5.41) is 11.2. The van der Waals surface area contributed by atoms with Crippen LogP contribution in [0.25, 0.3) is 0 Å². The summed E-state index contributed by atoms with van der Waals surface area (Å²) in [6.45, 7) is 5.14. The zero-order valence-electron chi connectivity index (χ0n) is 10.7. The van der Waals surface area contributed by atoms with Gasteiger partial charge in [-0.15, -0.1) is 0 Å². The molecule has 0 aliphatic carbocycles. The third kappa shape index (κ3) is 9.81. The van der Waals surface area contributed by atoms with E-state index in [1.807, 2.05) is 0 Å². The van der Waals surface area contributed by atoms with Crippen LogP contribution in [0.3, 0.4) is 0 Å². The SMILES string of the molecule is CC(C)CC(CN)CC(=O)NCCCC(=O)O. The summed E-state index contributed by atoms with van der Waals surface area (Å²) in [6.07, 6.45) is 1.94. The Hall–Kier alpha value is -1.10. The van der Waals surface area contributed by atoms with Crippen LogP contribution in [0.5, 0.6) is 0 Å². The number of nitrogens with two attached hydrogens (primary N) is 1. The molecule has 0 heterocycles. The van der Waals surface area contributed by atoms with Gasteiger partial charge in [-0.1, -0.05) is 13.8 Å². The number of amides is 1. The van der Waals surface area contributed by atoms with Gasteiger partial charge in [0.15, 0.2) is 0 Å². The molecule has 100 valence electrons. The van der Waals surface area contributed by atoms with Crippen molar-refractivity contribution < 1.29 is 14.7 Å². The molecule has 0 saturated carbocycles. The van der Waals surface area contributed by atoms with Crippen molar-refractivity contribution in [3.63, 3.8) is 0 Å². The second-order valence-corrected chi connectivity index (χ2v) is 4.78. The lowest BCUT2D eigenvalue weighted by Gasteiger charge is -2.16. The van der Waals surface area contributed by atoms with Crippen LogP contribution >= 0.6 is 0 Å². The lowest BCUT2D eigenvalue weighted by Crippen LogP contribution is -2.29. The maximum Gasteiger partial charge on any atom is 0.303 e.